The lowest BCUT2D eigenvalue weighted by atomic mass is 10.2. The van der Waals surface area contributed by atoms with Crippen molar-refractivity contribution in [2.24, 2.45) is 0 Å². The van der Waals surface area contributed by atoms with E-state index in [4.69, 9.17) is 14.9 Å². The normalized spacial score (nSPS) is 12.2. The van der Waals surface area contributed by atoms with Gasteiger partial charge in [-0.1, -0.05) is 13.0 Å². The molecule has 0 aliphatic rings. The smallest absolute Gasteiger partial charge is 0.216 e. The van der Waals surface area contributed by atoms with Gasteiger partial charge in [0, 0.05) is 0 Å². The number of aryl methyl sites for hydroxylation is 1. The zero-order valence-electron chi connectivity index (χ0n) is 12.1. The van der Waals surface area contributed by atoms with Gasteiger partial charge in [0.05, 0.1) is 24.2 Å². The maximum absolute atomic E-state index is 6.12. The summed E-state index contributed by atoms with van der Waals surface area (Å²) in [5, 5.41) is 3.30. The number of anilines is 2. The maximum atomic E-state index is 6.12. The Balaban J connectivity index is 2.12. The summed E-state index contributed by atoms with van der Waals surface area (Å²) in [6.45, 7) is 6.56. The van der Waals surface area contributed by atoms with E-state index in [0.717, 1.165) is 17.9 Å². The van der Waals surface area contributed by atoms with Crippen molar-refractivity contribution in [3.63, 3.8) is 0 Å². The summed E-state index contributed by atoms with van der Waals surface area (Å²) in [6.07, 6.45) is 2.65. The minimum absolute atomic E-state index is 0.0626. The number of nitrogens with two attached hydrogens (primary N) is 1. The molecule has 0 amide bonds. The third-order valence-corrected chi connectivity index (χ3v) is 2.91. The Hall–Kier alpha value is -2.17. The number of nitrogen functional groups attached to an aromatic ring is 1. The lowest BCUT2D eigenvalue weighted by Gasteiger charge is -2.16. The van der Waals surface area contributed by atoms with Crippen LogP contribution in [0.3, 0.4) is 0 Å². The molecule has 20 heavy (non-hydrogen) atoms. The number of nitrogens with one attached hydrogen (secondary N) is 1. The van der Waals surface area contributed by atoms with E-state index >= 15 is 0 Å². The van der Waals surface area contributed by atoms with E-state index in [1.807, 2.05) is 32.0 Å². The quantitative estimate of drug-likeness (QED) is 0.789. The highest BCUT2D eigenvalue weighted by molar-refractivity contribution is 5.73. The van der Waals surface area contributed by atoms with Crippen molar-refractivity contribution >= 4 is 11.4 Å². The molecule has 2 aromatic rings. The minimum atomic E-state index is -0.0626. The van der Waals surface area contributed by atoms with E-state index in [2.05, 4.69) is 17.2 Å². The fraction of sp³-hybridized carbons (Fsp3) is 0.400. The summed E-state index contributed by atoms with van der Waals surface area (Å²) in [5.74, 6) is 2.14. The molecule has 2 rings (SSSR count). The topological polar surface area (TPSA) is 73.3 Å². The van der Waals surface area contributed by atoms with Crippen LogP contribution in [-0.2, 0) is 0 Å². The Morgan fingerprint density at radius 2 is 2.25 bits per heavy atom. The highest BCUT2D eigenvalue weighted by Gasteiger charge is 2.14. The van der Waals surface area contributed by atoms with Gasteiger partial charge in [0.15, 0.2) is 0 Å². The van der Waals surface area contributed by atoms with Crippen LogP contribution in [0.5, 0.6) is 5.75 Å². The molecule has 0 saturated heterocycles. The van der Waals surface area contributed by atoms with Gasteiger partial charge in [-0.25, -0.2) is 4.98 Å². The van der Waals surface area contributed by atoms with Gasteiger partial charge in [-0.2, -0.15) is 0 Å². The largest absolute Gasteiger partial charge is 0.491 e. The van der Waals surface area contributed by atoms with E-state index in [9.17, 15) is 0 Å². The third-order valence-electron chi connectivity index (χ3n) is 2.91. The summed E-state index contributed by atoms with van der Waals surface area (Å²) in [7, 11) is 0. The second kappa shape index (κ2) is 6.32. The lowest BCUT2D eigenvalue weighted by molar-refractivity contribution is 0.319. The average molecular weight is 275 g/mol. The van der Waals surface area contributed by atoms with Gasteiger partial charge in [0.1, 0.15) is 17.6 Å². The highest BCUT2D eigenvalue weighted by atomic mass is 16.5. The van der Waals surface area contributed by atoms with E-state index in [1.165, 1.54) is 0 Å². The van der Waals surface area contributed by atoms with E-state index in [1.54, 1.807) is 6.20 Å². The molecule has 0 fully saturated rings. The number of aromatic nitrogens is 1. The molecule has 108 valence electrons. The molecule has 1 atom stereocenters. The van der Waals surface area contributed by atoms with E-state index in [0.29, 0.717) is 23.9 Å². The number of oxazole rings is 1. The van der Waals surface area contributed by atoms with Crippen molar-refractivity contribution in [2.45, 2.75) is 33.2 Å². The fourth-order valence-electron chi connectivity index (χ4n) is 1.88. The van der Waals surface area contributed by atoms with Gasteiger partial charge >= 0.3 is 0 Å². The number of ether oxygens (including phenoxy) is 1. The van der Waals surface area contributed by atoms with E-state index in [-0.39, 0.29) is 6.04 Å². The van der Waals surface area contributed by atoms with Crippen LogP contribution in [0.25, 0.3) is 0 Å². The second-order valence-corrected chi connectivity index (χ2v) is 4.74. The number of nitrogens with zero attached hydrogens (tertiary/aromatic N) is 1. The van der Waals surface area contributed by atoms with Crippen LogP contribution in [0.15, 0.2) is 28.8 Å². The SMILES string of the molecule is CCCOc1cccc(NC(C)c2ncc(C)o2)c1N. The first-order chi connectivity index (χ1) is 9.61. The van der Waals surface area contributed by atoms with Crippen LogP contribution in [0.4, 0.5) is 11.4 Å². The molecule has 0 radical (unpaired) electrons. The van der Waals surface area contributed by atoms with Crippen LogP contribution >= 0.6 is 0 Å². The van der Waals surface area contributed by atoms with E-state index < -0.39 is 0 Å². The molecule has 5 heteroatoms. The minimum Gasteiger partial charge on any atom is -0.491 e. The summed E-state index contributed by atoms with van der Waals surface area (Å²) in [6, 6.07) is 5.64. The predicted molar refractivity (Wildman–Crippen MR) is 79.9 cm³/mol. The van der Waals surface area contributed by atoms with Gasteiger partial charge in [0.2, 0.25) is 5.89 Å². The Morgan fingerprint density at radius 3 is 2.90 bits per heavy atom. The molecule has 0 saturated carbocycles. The van der Waals surface area contributed by atoms with Crippen molar-refractivity contribution in [1.82, 2.24) is 4.98 Å². The number of para-hydroxylation sites is 1. The monoisotopic (exact) mass is 275 g/mol. The molecular weight excluding hydrogens is 254 g/mol. The molecule has 1 aromatic heterocycles. The number of hydrogen-bond donors (Lipinski definition) is 2. The molecule has 5 nitrogen and oxygen atoms in total. The molecule has 3 N–H and O–H groups in total. The number of rotatable bonds is 6. The maximum Gasteiger partial charge on any atom is 0.216 e. The Bertz CT molecular complexity index is 566. The summed E-state index contributed by atoms with van der Waals surface area (Å²) in [5.41, 5.74) is 7.55. The molecule has 0 aliphatic heterocycles. The van der Waals surface area contributed by atoms with Crippen molar-refractivity contribution in [1.29, 1.82) is 0 Å². The molecular formula is C15H21N3O2. The molecule has 1 aromatic carbocycles. The fourth-order valence-corrected chi connectivity index (χ4v) is 1.88. The number of benzene rings is 1. The first-order valence-corrected chi connectivity index (χ1v) is 6.82. The van der Waals surface area contributed by atoms with Crippen LogP contribution in [0, 0.1) is 6.92 Å². The molecule has 1 unspecified atom stereocenters. The average Bonchev–Trinajstić information content (AvgIpc) is 2.86. The van der Waals surface area contributed by atoms with Gasteiger partial charge < -0.3 is 20.2 Å². The zero-order chi connectivity index (χ0) is 14.5. The van der Waals surface area contributed by atoms with Crippen LogP contribution < -0.4 is 15.8 Å². The summed E-state index contributed by atoms with van der Waals surface area (Å²) in [4.78, 5) is 4.21. The zero-order valence-corrected chi connectivity index (χ0v) is 12.1. The van der Waals surface area contributed by atoms with Crippen molar-refractivity contribution in [3.05, 3.63) is 36.0 Å². The first-order valence-electron chi connectivity index (χ1n) is 6.82. The van der Waals surface area contributed by atoms with Gasteiger partial charge in [-0.05, 0) is 32.4 Å². The van der Waals surface area contributed by atoms with Crippen LogP contribution in [-0.4, -0.2) is 11.6 Å². The predicted octanol–water partition coefficient (Wildman–Crippen LogP) is 3.53. The Kier molecular flexibility index (Phi) is 4.50. The first kappa shape index (κ1) is 14.2. The van der Waals surface area contributed by atoms with Gasteiger partial charge in [0.25, 0.3) is 0 Å². The van der Waals surface area contributed by atoms with Crippen molar-refractivity contribution < 1.29 is 9.15 Å². The molecule has 0 bridgehead atoms. The summed E-state index contributed by atoms with van der Waals surface area (Å²) >= 11 is 0. The van der Waals surface area contributed by atoms with Crippen LogP contribution in [0.1, 0.15) is 38.0 Å². The highest BCUT2D eigenvalue weighted by Crippen LogP contribution is 2.31. The Labute approximate surface area is 119 Å². The van der Waals surface area contributed by atoms with Crippen LogP contribution in [0.2, 0.25) is 0 Å². The lowest BCUT2D eigenvalue weighted by Crippen LogP contribution is -2.09. The Morgan fingerprint density at radius 1 is 1.45 bits per heavy atom. The third kappa shape index (κ3) is 3.23. The molecule has 0 aliphatic carbocycles. The standard InChI is InChI=1S/C15H21N3O2/c1-4-8-19-13-7-5-6-12(14(13)16)18-11(3)15-17-9-10(2)20-15/h5-7,9,11,18H,4,8,16H2,1-3H3. The van der Waals surface area contributed by atoms with Crippen molar-refractivity contribution in [2.75, 3.05) is 17.7 Å². The number of hydrogen-bond acceptors (Lipinski definition) is 5. The molecule has 0 spiro atoms. The van der Waals surface area contributed by atoms with Gasteiger partial charge in [-0.3, -0.25) is 0 Å². The van der Waals surface area contributed by atoms with Gasteiger partial charge in [-0.15, -0.1) is 0 Å². The second-order valence-electron chi connectivity index (χ2n) is 4.74. The molecule has 1 heterocycles. The van der Waals surface area contributed by atoms with Crippen molar-refractivity contribution in [3.8, 4) is 5.75 Å². The summed E-state index contributed by atoms with van der Waals surface area (Å²) < 4.78 is 11.1.